The lowest BCUT2D eigenvalue weighted by molar-refractivity contribution is -0.0503. The zero-order chi connectivity index (χ0) is 38.7. The minimum Gasteiger partial charge on any atom is -0.387 e. The number of hydrogen-bond acceptors (Lipinski definition) is 22. The van der Waals surface area contributed by atoms with Crippen LogP contribution in [0.1, 0.15) is 12.5 Å². The Hall–Kier alpha value is -2.94. The lowest BCUT2D eigenvalue weighted by atomic mass is 10.1. The van der Waals surface area contributed by atoms with Crippen LogP contribution in [0.5, 0.6) is 0 Å². The Morgan fingerprint density at radius 2 is 1.08 bits per heavy atom. The molecule has 0 amide bonds. The van der Waals surface area contributed by atoms with Gasteiger partial charge in [0.2, 0.25) is 0 Å². The summed E-state index contributed by atoms with van der Waals surface area (Å²) in [5.74, 6) is -1.89. The van der Waals surface area contributed by atoms with Crippen LogP contribution in [0.3, 0.4) is 0 Å². The monoisotopic (exact) mass is 834 g/mol. The Labute approximate surface area is 294 Å². The quantitative estimate of drug-likeness (QED) is 0.0595. The van der Waals surface area contributed by atoms with Gasteiger partial charge in [0.1, 0.15) is 60.3 Å². The molecule has 0 bridgehead atoms. The van der Waals surface area contributed by atoms with Crippen molar-refractivity contribution < 1.29 is 85.4 Å². The van der Waals surface area contributed by atoms with Crippen molar-refractivity contribution in [3.63, 3.8) is 0 Å². The summed E-state index contributed by atoms with van der Waals surface area (Å²) in [5, 5.41) is 41.9. The Bertz CT molecular complexity index is 2040. The van der Waals surface area contributed by atoms with E-state index in [0.717, 1.165) is 19.0 Å². The number of nitrogens with two attached hydrogens (primary N) is 2. The highest BCUT2D eigenvalue weighted by atomic mass is 31.3. The van der Waals surface area contributed by atoms with Crippen molar-refractivity contribution in [1.82, 2.24) is 39.0 Å². The molecule has 2 aliphatic rings. The fourth-order valence-corrected chi connectivity index (χ4v) is 11.7. The molecule has 0 spiro atoms. The van der Waals surface area contributed by atoms with E-state index in [9.17, 15) is 58.3 Å². The molecule has 32 heteroatoms. The summed E-state index contributed by atoms with van der Waals surface area (Å²) in [5.41, 5.74) is 11.9. The molecule has 0 saturated carbocycles. The Morgan fingerprint density at radius 3 is 1.55 bits per heavy atom. The first kappa shape index (κ1) is 39.7. The van der Waals surface area contributed by atoms with Gasteiger partial charge < -0.3 is 65.5 Å². The molecule has 12 N–H and O–H groups in total. The average molecular weight is 834 g/mol. The first-order valence-electron chi connectivity index (χ1n) is 14.6. The van der Waals surface area contributed by atoms with Gasteiger partial charge in [-0.05, 0) is 0 Å². The molecule has 2 saturated heterocycles. The van der Waals surface area contributed by atoms with E-state index in [1.54, 1.807) is 0 Å². The van der Waals surface area contributed by atoms with Gasteiger partial charge in [0, 0.05) is 0 Å². The van der Waals surface area contributed by atoms with Gasteiger partial charge in [-0.15, -0.1) is 0 Å². The summed E-state index contributed by atoms with van der Waals surface area (Å²) in [4.78, 5) is 63.7. The van der Waals surface area contributed by atoms with Crippen LogP contribution in [0.2, 0.25) is 0 Å². The molecular formula is C21H30N10O18P4. The van der Waals surface area contributed by atoms with Crippen LogP contribution in [0, 0.1) is 0 Å². The molecule has 0 radical (unpaired) electrons. The van der Waals surface area contributed by atoms with E-state index in [-0.39, 0.29) is 34.0 Å². The number of fused-ring (bicyclic) bond motifs is 2. The van der Waals surface area contributed by atoms with E-state index < -0.39 is 99.0 Å². The van der Waals surface area contributed by atoms with Gasteiger partial charge in [-0.1, -0.05) is 0 Å². The number of phosphoric acid groups is 2. The second-order valence-corrected chi connectivity index (χ2v) is 18.7. The molecule has 2 aliphatic heterocycles. The van der Waals surface area contributed by atoms with E-state index in [1.165, 1.54) is 15.5 Å². The number of anilines is 2. The van der Waals surface area contributed by atoms with Crippen LogP contribution in [0.15, 0.2) is 25.3 Å². The highest BCUT2D eigenvalue weighted by Crippen LogP contribution is 2.70. The third-order valence-electron chi connectivity index (χ3n) is 7.63. The van der Waals surface area contributed by atoms with E-state index in [2.05, 4.69) is 43.0 Å². The van der Waals surface area contributed by atoms with E-state index >= 15 is 0 Å². The van der Waals surface area contributed by atoms with Gasteiger partial charge in [-0.3, -0.25) is 22.8 Å². The third kappa shape index (κ3) is 8.50. The van der Waals surface area contributed by atoms with Crippen molar-refractivity contribution in [2.75, 3.05) is 30.6 Å². The number of ether oxygens (including phenoxy) is 2. The van der Waals surface area contributed by atoms with Crippen molar-refractivity contribution in [3.8, 4) is 0 Å². The van der Waals surface area contributed by atoms with Crippen LogP contribution in [0.25, 0.3) is 22.3 Å². The molecule has 12 atom stereocenters. The molecule has 4 unspecified atom stereocenters. The number of phosphoric ester groups is 1. The van der Waals surface area contributed by atoms with Gasteiger partial charge >= 0.3 is 30.8 Å². The molecule has 4 aromatic rings. The predicted molar refractivity (Wildman–Crippen MR) is 170 cm³/mol. The molecule has 28 nitrogen and oxygen atoms in total. The maximum absolute atomic E-state index is 12.6. The second-order valence-electron chi connectivity index (χ2n) is 11.4. The molecule has 292 valence electrons. The number of imidazole rings is 2. The first-order valence-corrected chi connectivity index (χ1v) is 21.1. The maximum atomic E-state index is 12.6. The van der Waals surface area contributed by atoms with Crippen molar-refractivity contribution in [3.05, 3.63) is 25.3 Å². The number of aliphatic hydroxyl groups excluding tert-OH is 4. The van der Waals surface area contributed by atoms with Crippen molar-refractivity contribution in [1.29, 1.82) is 0 Å². The smallest absolute Gasteiger partial charge is 0.387 e. The second kappa shape index (κ2) is 14.6. The van der Waals surface area contributed by atoms with Gasteiger partial charge in [0.15, 0.2) is 41.3 Å². The number of hydrogen-bond donors (Lipinski definition) is 10. The minimum absolute atomic E-state index is 0.00231. The van der Waals surface area contributed by atoms with Crippen LogP contribution in [0.4, 0.5) is 11.6 Å². The Kier molecular flexibility index (Phi) is 11.0. The molecule has 2 fully saturated rings. The summed E-state index contributed by atoms with van der Waals surface area (Å²) in [6, 6.07) is 0. The number of nitrogen functional groups attached to an aromatic ring is 2. The fraction of sp³-hybridized carbons (Fsp3) is 0.524. The van der Waals surface area contributed by atoms with Crippen LogP contribution >= 0.6 is 30.8 Å². The number of rotatable bonds is 14. The largest absolute Gasteiger partial charge is 0.488 e. The molecular weight excluding hydrogens is 804 g/mol. The number of aliphatic hydroxyl groups is 4. The maximum Gasteiger partial charge on any atom is 0.488 e. The van der Waals surface area contributed by atoms with Gasteiger partial charge in [0.25, 0.3) is 0 Å². The van der Waals surface area contributed by atoms with E-state index in [1.807, 2.05) is 0 Å². The van der Waals surface area contributed by atoms with E-state index in [0.29, 0.717) is 0 Å². The standard InChI is InChI=1S/C21H30N10O18P4/c22-16-10-18(26-3-24-16)30(5-28-10)20-14(34)12(32)8(46-20)1-44-50(36,37)7-51(38,39)48-53(42,43)49-52(40,41)45-2-9-13(33)15(35)21(47-9)31-6-29-11-17(23)25-4-27-19(11)31/h3-6,8-9,12-15,20-21,32-35H,1-2,7H2,(H,36,37)(H,38,39)(H,40,41)(H,42,43)(H2,22,24,26)(H2,23,25,27)/t8-,9-,12-,13-,14-,15-,20-,21-/m1/s1. The Morgan fingerprint density at radius 1 is 0.623 bits per heavy atom. The van der Waals surface area contributed by atoms with Crippen LogP contribution < -0.4 is 11.5 Å². The van der Waals surface area contributed by atoms with E-state index in [4.69, 9.17) is 25.5 Å². The van der Waals surface area contributed by atoms with Crippen LogP contribution in [-0.2, 0) is 45.4 Å². The number of aromatic nitrogens is 8. The van der Waals surface area contributed by atoms with Gasteiger partial charge in [0.05, 0.1) is 25.9 Å². The average Bonchev–Trinajstić information content (AvgIpc) is 3.80. The molecule has 4 aromatic heterocycles. The number of nitrogens with zero attached hydrogens (tertiary/aromatic N) is 8. The lowest BCUT2D eigenvalue weighted by Gasteiger charge is -2.22. The summed E-state index contributed by atoms with van der Waals surface area (Å²) in [6.45, 7) is -2.06. The summed E-state index contributed by atoms with van der Waals surface area (Å²) >= 11 is 0. The normalized spacial score (nSPS) is 30.9. The van der Waals surface area contributed by atoms with Gasteiger partial charge in [-0.25, -0.2) is 43.3 Å². The van der Waals surface area contributed by atoms with Gasteiger partial charge in [-0.2, -0.15) is 4.31 Å². The third-order valence-corrected chi connectivity index (χ3v) is 15.0. The highest BCUT2D eigenvalue weighted by Gasteiger charge is 2.49. The molecule has 53 heavy (non-hydrogen) atoms. The van der Waals surface area contributed by atoms with Crippen molar-refractivity contribution >= 4 is 64.8 Å². The molecule has 6 heterocycles. The zero-order valence-corrected chi connectivity index (χ0v) is 29.8. The fourth-order valence-electron chi connectivity index (χ4n) is 5.29. The summed E-state index contributed by atoms with van der Waals surface area (Å²) in [6.07, 6.45) is -8.22. The Balaban J connectivity index is 1.01. The SMILES string of the molecule is Nc1ncnc2c1ncn2[C@@H]1O[C@H](COP(=O)(O)CP(=O)(O)OP(=O)(O)OP(=O)(O)OC[C@H]2O[C@@H](n3cnc4c(N)ncnc43)[C@H](O)[C@@H]2O)[C@@H](O)[C@H]1O. The molecule has 0 aliphatic carbocycles. The van der Waals surface area contributed by atoms with Crippen LogP contribution in [-0.4, -0.2) is 135 Å². The lowest BCUT2D eigenvalue weighted by Crippen LogP contribution is -2.33. The predicted octanol–water partition coefficient (Wildman–Crippen LogP) is -2.34. The molecule has 0 aromatic carbocycles. The van der Waals surface area contributed by atoms with Crippen molar-refractivity contribution in [2.24, 2.45) is 0 Å². The summed E-state index contributed by atoms with van der Waals surface area (Å²) in [7, 11) is -22.7. The summed E-state index contributed by atoms with van der Waals surface area (Å²) < 4.78 is 80.8. The van der Waals surface area contributed by atoms with Crippen molar-refractivity contribution in [2.45, 2.75) is 49.1 Å². The topological polar surface area (TPSA) is 425 Å². The highest BCUT2D eigenvalue weighted by molar-refractivity contribution is 7.75. The zero-order valence-electron chi connectivity index (χ0n) is 26.2. The molecule has 6 rings (SSSR count). The minimum atomic E-state index is -6.07. The first-order chi connectivity index (χ1) is 24.7.